The third-order valence-corrected chi connectivity index (χ3v) is 4.56. The number of rotatable bonds is 8. The van der Waals surface area contributed by atoms with Crippen molar-refractivity contribution in [3.63, 3.8) is 0 Å². The van der Waals surface area contributed by atoms with Crippen LogP contribution in [-0.2, 0) is 11.2 Å². The molecule has 0 spiro atoms. The normalized spacial score (nSPS) is 16.9. The number of amides is 1. The van der Waals surface area contributed by atoms with Crippen LogP contribution in [0.1, 0.15) is 74.5 Å². The van der Waals surface area contributed by atoms with Gasteiger partial charge in [0.2, 0.25) is 0 Å². The highest BCUT2D eigenvalue weighted by molar-refractivity contribution is 5.93. The number of nitrogens with one attached hydrogen (secondary N) is 1. The average molecular weight is 322 g/mol. The molecular formula is C17H26N2O4. The van der Waals surface area contributed by atoms with E-state index in [1.807, 2.05) is 6.92 Å². The SMILES string of the molecule is CCc1ocnc1C(=O)NC(CCC(=O)O)CC1CCCCC1. The van der Waals surface area contributed by atoms with E-state index in [2.05, 4.69) is 10.3 Å². The summed E-state index contributed by atoms with van der Waals surface area (Å²) in [6.07, 6.45) is 9.33. The number of aryl methyl sites for hydroxylation is 1. The number of hydrogen-bond donors (Lipinski definition) is 2. The fourth-order valence-electron chi connectivity index (χ4n) is 3.33. The van der Waals surface area contributed by atoms with Gasteiger partial charge in [0.15, 0.2) is 12.1 Å². The Morgan fingerprint density at radius 3 is 2.78 bits per heavy atom. The van der Waals surface area contributed by atoms with Gasteiger partial charge in [0, 0.05) is 18.9 Å². The van der Waals surface area contributed by atoms with Gasteiger partial charge in [0.1, 0.15) is 5.76 Å². The van der Waals surface area contributed by atoms with Crippen LogP contribution in [0, 0.1) is 5.92 Å². The van der Waals surface area contributed by atoms with Crippen LogP contribution in [-0.4, -0.2) is 28.0 Å². The summed E-state index contributed by atoms with van der Waals surface area (Å²) in [5, 5.41) is 11.9. The predicted molar refractivity (Wildman–Crippen MR) is 85.2 cm³/mol. The lowest BCUT2D eigenvalue weighted by Crippen LogP contribution is -2.37. The van der Waals surface area contributed by atoms with Crippen LogP contribution in [0.4, 0.5) is 0 Å². The molecule has 0 radical (unpaired) electrons. The Morgan fingerprint density at radius 1 is 1.39 bits per heavy atom. The van der Waals surface area contributed by atoms with E-state index in [0.717, 1.165) is 6.42 Å². The maximum absolute atomic E-state index is 12.4. The van der Waals surface area contributed by atoms with Crippen molar-refractivity contribution >= 4 is 11.9 Å². The molecule has 0 aromatic carbocycles. The lowest BCUT2D eigenvalue weighted by molar-refractivity contribution is -0.137. The first-order valence-corrected chi connectivity index (χ1v) is 8.55. The van der Waals surface area contributed by atoms with Crippen molar-refractivity contribution < 1.29 is 19.1 Å². The fourth-order valence-corrected chi connectivity index (χ4v) is 3.33. The minimum absolute atomic E-state index is 0.0666. The topological polar surface area (TPSA) is 92.4 Å². The van der Waals surface area contributed by atoms with E-state index < -0.39 is 5.97 Å². The first-order valence-electron chi connectivity index (χ1n) is 8.55. The zero-order valence-electron chi connectivity index (χ0n) is 13.7. The second-order valence-corrected chi connectivity index (χ2v) is 6.32. The van der Waals surface area contributed by atoms with Gasteiger partial charge < -0.3 is 14.8 Å². The van der Waals surface area contributed by atoms with Gasteiger partial charge in [-0.3, -0.25) is 9.59 Å². The van der Waals surface area contributed by atoms with Crippen molar-refractivity contribution in [2.45, 2.75) is 70.8 Å². The summed E-state index contributed by atoms with van der Waals surface area (Å²) in [4.78, 5) is 27.3. The van der Waals surface area contributed by atoms with Crippen LogP contribution in [0.3, 0.4) is 0 Å². The largest absolute Gasteiger partial charge is 0.481 e. The van der Waals surface area contributed by atoms with Gasteiger partial charge >= 0.3 is 5.97 Å². The smallest absolute Gasteiger partial charge is 0.303 e. The molecule has 1 fully saturated rings. The van der Waals surface area contributed by atoms with Gasteiger partial charge in [-0.2, -0.15) is 0 Å². The fraction of sp³-hybridized carbons (Fsp3) is 0.706. The van der Waals surface area contributed by atoms with Crippen molar-refractivity contribution in [1.29, 1.82) is 0 Å². The van der Waals surface area contributed by atoms with E-state index in [9.17, 15) is 9.59 Å². The lowest BCUT2D eigenvalue weighted by Gasteiger charge is -2.27. The summed E-state index contributed by atoms with van der Waals surface area (Å²) in [5.74, 6) is 0.0494. The molecule has 0 aliphatic heterocycles. The Labute approximate surface area is 136 Å². The van der Waals surface area contributed by atoms with Gasteiger partial charge in [-0.15, -0.1) is 0 Å². The summed E-state index contributed by atoms with van der Waals surface area (Å²) in [7, 11) is 0. The predicted octanol–water partition coefficient (Wildman–Crippen LogP) is 3.17. The molecule has 1 unspecified atom stereocenters. The van der Waals surface area contributed by atoms with E-state index in [1.54, 1.807) is 0 Å². The first-order chi connectivity index (χ1) is 11.1. The number of aromatic nitrogens is 1. The van der Waals surface area contributed by atoms with Crippen molar-refractivity contribution in [2.75, 3.05) is 0 Å². The van der Waals surface area contributed by atoms with Crippen molar-refractivity contribution in [3.05, 3.63) is 17.8 Å². The third kappa shape index (κ3) is 5.37. The number of carbonyl (C=O) groups is 2. The lowest BCUT2D eigenvalue weighted by atomic mass is 9.84. The highest BCUT2D eigenvalue weighted by Crippen LogP contribution is 2.28. The summed E-state index contributed by atoms with van der Waals surface area (Å²) in [5.41, 5.74) is 0.316. The monoisotopic (exact) mass is 322 g/mol. The molecule has 2 rings (SSSR count). The standard InChI is InChI=1S/C17H26N2O4/c1-2-14-16(18-11-23-14)17(22)19-13(8-9-15(20)21)10-12-6-4-3-5-7-12/h11-13H,2-10H2,1H3,(H,19,22)(H,20,21). The molecule has 1 heterocycles. The minimum Gasteiger partial charge on any atom is -0.481 e. The van der Waals surface area contributed by atoms with Crippen LogP contribution in [0.15, 0.2) is 10.8 Å². The Bertz CT molecular complexity index is 520. The van der Waals surface area contributed by atoms with Gasteiger partial charge in [-0.05, 0) is 18.8 Å². The summed E-state index contributed by atoms with van der Waals surface area (Å²) in [6, 6.07) is -0.122. The summed E-state index contributed by atoms with van der Waals surface area (Å²) >= 11 is 0. The number of carbonyl (C=O) groups excluding carboxylic acids is 1. The maximum atomic E-state index is 12.4. The molecule has 1 aromatic rings. The zero-order valence-corrected chi connectivity index (χ0v) is 13.7. The van der Waals surface area contributed by atoms with Gasteiger partial charge in [0.25, 0.3) is 5.91 Å². The van der Waals surface area contributed by atoms with Crippen LogP contribution in [0.5, 0.6) is 0 Å². The Hall–Kier alpha value is -1.85. The van der Waals surface area contributed by atoms with Crippen molar-refractivity contribution in [1.82, 2.24) is 10.3 Å². The number of oxazole rings is 1. The summed E-state index contributed by atoms with van der Waals surface area (Å²) < 4.78 is 5.20. The average Bonchev–Trinajstić information content (AvgIpc) is 3.02. The Morgan fingerprint density at radius 2 is 2.13 bits per heavy atom. The zero-order chi connectivity index (χ0) is 16.7. The molecule has 1 atom stereocenters. The van der Waals surface area contributed by atoms with E-state index in [4.69, 9.17) is 9.52 Å². The van der Waals surface area contributed by atoms with Gasteiger partial charge in [-0.1, -0.05) is 39.0 Å². The van der Waals surface area contributed by atoms with E-state index in [0.29, 0.717) is 30.2 Å². The van der Waals surface area contributed by atoms with Crippen molar-refractivity contribution in [2.24, 2.45) is 5.92 Å². The van der Waals surface area contributed by atoms with Gasteiger partial charge in [-0.25, -0.2) is 4.98 Å². The number of carboxylic acid groups (broad SMARTS) is 1. The third-order valence-electron chi connectivity index (χ3n) is 4.56. The molecule has 1 amide bonds. The molecule has 1 saturated carbocycles. The maximum Gasteiger partial charge on any atom is 0.303 e. The molecule has 6 nitrogen and oxygen atoms in total. The molecular weight excluding hydrogens is 296 g/mol. The van der Waals surface area contributed by atoms with E-state index >= 15 is 0 Å². The van der Waals surface area contributed by atoms with E-state index in [1.165, 1.54) is 38.5 Å². The molecule has 0 saturated heterocycles. The molecule has 0 bridgehead atoms. The highest BCUT2D eigenvalue weighted by atomic mass is 16.4. The van der Waals surface area contributed by atoms with E-state index in [-0.39, 0.29) is 18.4 Å². The number of aliphatic carboxylic acids is 1. The molecule has 128 valence electrons. The Balaban J connectivity index is 1.97. The van der Waals surface area contributed by atoms with Crippen molar-refractivity contribution in [3.8, 4) is 0 Å². The van der Waals surface area contributed by atoms with Crippen LogP contribution in [0.25, 0.3) is 0 Å². The second-order valence-electron chi connectivity index (χ2n) is 6.32. The Kier molecular flexibility index (Phi) is 6.62. The first kappa shape index (κ1) is 17.5. The molecule has 1 aliphatic carbocycles. The van der Waals surface area contributed by atoms with Crippen LogP contribution < -0.4 is 5.32 Å². The van der Waals surface area contributed by atoms with Crippen LogP contribution >= 0.6 is 0 Å². The summed E-state index contributed by atoms with van der Waals surface area (Å²) in [6.45, 7) is 1.90. The number of carboxylic acids is 1. The second kappa shape index (κ2) is 8.70. The quantitative estimate of drug-likeness (QED) is 0.767. The molecule has 23 heavy (non-hydrogen) atoms. The number of hydrogen-bond acceptors (Lipinski definition) is 4. The van der Waals surface area contributed by atoms with Gasteiger partial charge in [0.05, 0.1) is 0 Å². The molecule has 6 heteroatoms. The number of nitrogens with zero attached hydrogens (tertiary/aromatic N) is 1. The highest BCUT2D eigenvalue weighted by Gasteiger charge is 2.23. The molecule has 1 aromatic heterocycles. The molecule has 1 aliphatic rings. The molecule has 2 N–H and O–H groups in total. The van der Waals surface area contributed by atoms with Crippen LogP contribution in [0.2, 0.25) is 0 Å². The minimum atomic E-state index is -0.830.